The van der Waals surface area contributed by atoms with Crippen LogP contribution < -0.4 is 5.32 Å². The molecule has 0 bridgehead atoms. The van der Waals surface area contributed by atoms with Gasteiger partial charge in [0.2, 0.25) is 10.0 Å². The van der Waals surface area contributed by atoms with E-state index < -0.39 is 10.0 Å². The Balaban J connectivity index is 1.64. The highest BCUT2D eigenvalue weighted by Gasteiger charge is 2.31. The van der Waals surface area contributed by atoms with E-state index in [0.29, 0.717) is 37.1 Å². The minimum absolute atomic E-state index is 0.121. The molecule has 2 aliphatic heterocycles. The first-order chi connectivity index (χ1) is 11.0. The largest absolute Gasteiger partial charge is 0.363 e. The number of nitrogens with one attached hydrogen (secondary N) is 1. The highest BCUT2D eigenvalue weighted by atomic mass is 32.2. The normalized spacial score (nSPS) is 25.1. The van der Waals surface area contributed by atoms with E-state index in [-0.39, 0.29) is 12.0 Å². The van der Waals surface area contributed by atoms with Crippen LogP contribution >= 0.6 is 0 Å². The zero-order valence-electron chi connectivity index (χ0n) is 13.2. The number of carbonyl (C=O) groups excluding carboxylic acids is 1. The summed E-state index contributed by atoms with van der Waals surface area (Å²) in [5, 5.41) is 2.76. The average molecular weight is 338 g/mol. The number of sulfonamides is 1. The van der Waals surface area contributed by atoms with E-state index >= 15 is 0 Å². The summed E-state index contributed by atoms with van der Waals surface area (Å²) in [5.74, 6) is 0.279. The number of ether oxygens (including phenoxy) is 1. The Bertz CT molecular complexity index is 668. The molecule has 1 amide bonds. The predicted octanol–water partition coefficient (Wildman–Crippen LogP) is 1.12. The molecular formula is C16H22N2O4S. The van der Waals surface area contributed by atoms with Crippen molar-refractivity contribution >= 4 is 15.9 Å². The lowest BCUT2D eigenvalue weighted by atomic mass is 10.0. The lowest BCUT2D eigenvalue weighted by molar-refractivity contribution is -0.122. The van der Waals surface area contributed by atoms with E-state index in [4.69, 9.17) is 4.74 Å². The smallest absolute Gasteiger partial charge is 0.251 e. The number of hydrogen-bond donors (Lipinski definition) is 1. The fourth-order valence-electron chi connectivity index (χ4n) is 2.80. The van der Waals surface area contributed by atoms with Crippen LogP contribution in [0, 0.1) is 5.92 Å². The van der Waals surface area contributed by atoms with Gasteiger partial charge in [0.05, 0.1) is 11.5 Å². The van der Waals surface area contributed by atoms with E-state index in [2.05, 4.69) is 12.2 Å². The van der Waals surface area contributed by atoms with Crippen LogP contribution in [0.1, 0.15) is 25.3 Å². The predicted molar refractivity (Wildman–Crippen MR) is 85.2 cm³/mol. The van der Waals surface area contributed by atoms with Crippen molar-refractivity contribution < 1.29 is 17.9 Å². The Kier molecular flexibility index (Phi) is 4.70. The van der Waals surface area contributed by atoms with E-state index in [0.717, 1.165) is 18.4 Å². The number of amides is 1. The number of piperidine rings is 1. The summed E-state index contributed by atoms with van der Waals surface area (Å²) in [7, 11) is -3.42. The highest BCUT2D eigenvalue weighted by Crippen LogP contribution is 2.23. The molecule has 0 aliphatic carbocycles. The summed E-state index contributed by atoms with van der Waals surface area (Å²) >= 11 is 0. The Hall–Kier alpha value is -1.44. The molecule has 1 N–H and O–H groups in total. The lowest BCUT2D eigenvalue weighted by Crippen LogP contribution is -2.39. The number of carbonyl (C=O) groups is 1. The summed E-state index contributed by atoms with van der Waals surface area (Å²) in [4.78, 5) is 11.8. The number of hydrogen-bond acceptors (Lipinski definition) is 4. The topological polar surface area (TPSA) is 79.0 Å². The van der Waals surface area contributed by atoms with Crippen LogP contribution in [0.25, 0.3) is 0 Å². The molecule has 7 heteroatoms. The summed E-state index contributed by atoms with van der Waals surface area (Å²) in [6.45, 7) is 4.11. The maximum atomic E-state index is 12.6. The number of nitrogens with zero attached hydrogens (tertiary/aromatic N) is 1. The van der Waals surface area contributed by atoms with Crippen LogP contribution in [0.5, 0.6) is 0 Å². The van der Waals surface area contributed by atoms with E-state index in [1.807, 2.05) is 0 Å². The summed E-state index contributed by atoms with van der Waals surface area (Å²) in [6.07, 6.45) is 1.68. The molecule has 23 heavy (non-hydrogen) atoms. The van der Waals surface area contributed by atoms with Gasteiger partial charge >= 0.3 is 0 Å². The molecule has 2 fully saturated rings. The Morgan fingerprint density at radius 3 is 2.65 bits per heavy atom. The van der Waals surface area contributed by atoms with Gasteiger partial charge < -0.3 is 10.1 Å². The average Bonchev–Trinajstić information content (AvgIpc) is 3.38. The molecule has 0 radical (unpaired) electrons. The maximum Gasteiger partial charge on any atom is 0.251 e. The van der Waals surface area contributed by atoms with Crippen molar-refractivity contribution in [2.45, 2.75) is 37.3 Å². The molecule has 1 aromatic carbocycles. The maximum absolute atomic E-state index is 12.6. The van der Waals surface area contributed by atoms with E-state index in [1.165, 1.54) is 0 Å². The second kappa shape index (κ2) is 6.59. The standard InChI is InChI=1S/C16H22N2O4S/c1-12-3-2-8-18(10-12)23(20,21)14-6-4-13(5-7-14)9-17-16(19)15-11-22-15/h4-7,12,15H,2-3,8-11H2,1H3,(H,17,19). The minimum Gasteiger partial charge on any atom is -0.363 e. The first-order valence-electron chi connectivity index (χ1n) is 7.95. The monoisotopic (exact) mass is 338 g/mol. The third-order valence-electron chi connectivity index (χ3n) is 4.27. The first kappa shape index (κ1) is 16.4. The van der Waals surface area contributed by atoms with Crippen molar-refractivity contribution in [1.29, 1.82) is 0 Å². The molecule has 2 heterocycles. The Morgan fingerprint density at radius 2 is 2.04 bits per heavy atom. The highest BCUT2D eigenvalue weighted by molar-refractivity contribution is 7.89. The van der Waals surface area contributed by atoms with Gasteiger partial charge in [-0.3, -0.25) is 4.79 Å². The fraction of sp³-hybridized carbons (Fsp3) is 0.562. The van der Waals surface area contributed by atoms with Crippen LogP contribution in [-0.2, 0) is 26.1 Å². The molecule has 1 aromatic rings. The molecular weight excluding hydrogens is 316 g/mol. The van der Waals surface area contributed by atoms with Crippen LogP contribution in [0.15, 0.2) is 29.2 Å². The van der Waals surface area contributed by atoms with Crippen molar-refractivity contribution in [3.63, 3.8) is 0 Å². The quantitative estimate of drug-likeness (QED) is 0.816. The zero-order chi connectivity index (χ0) is 16.4. The first-order valence-corrected chi connectivity index (χ1v) is 9.39. The summed E-state index contributed by atoms with van der Waals surface area (Å²) in [5.41, 5.74) is 0.866. The Morgan fingerprint density at radius 1 is 1.35 bits per heavy atom. The van der Waals surface area contributed by atoms with Gasteiger partial charge in [-0.25, -0.2) is 8.42 Å². The molecule has 3 rings (SSSR count). The van der Waals surface area contributed by atoms with Crippen molar-refractivity contribution in [2.75, 3.05) is 19.7 Å². The molecule has 0 spiro atoms. The summed E-state index contributed by atoms with van der Waals surface area (Å²) in [6, 6.07) is 6.72. The second-order valence-corrected chi connectivity index (χ2v) is 8.23. The van der Waals surface area contributed by atoms with Gasteiger partial charge in [-0.1, -0.05) is 19.1 Å². The molecule has 6 nitrogen and oxygen atoms in total. The van der Waals surface area contributed by atoms with Gasteiger partial charge in [-0.15, -0.1) is 0 Å². The zero-order valence-corrected chi connectivity index (χ0v) is 14.0. The molecule has 0 saturated carbocycles. The molecule has 2 saturated heterocycles. The van der Waals surface area contributed by atoms with Gasteiger partial charge in [0, 0.05) is 19.6 Å². The molecule has 126 valence electrons. The number of epoxide rings is 1. The summed E-state index contributed by atoms with van der Waals surface area (Å²) < 4.78 is 31.8. The van der Waals surface area contributed by atoms with Crippen LogP contribution in [-0.4, -0.2) is 44.4 Å². The van der Waals surface area contributed by atoms with E-state index in [9.17, 15) is 13.2 Å². The fourth-order valence-corrected chi connectivity index (χ4v) is 4.39. The van der Waals surface area contributed by atoms with Crippen LogP contribution in [0.2, 0.25) is 0 Å². The molecule has 2 unspecified atom stereocenters. The number of benzene rings is 1. The van der Waals surface area contributed by atoms with E-state index in [1.54, 1.807) is 28.6 Å². The van der Waals surface area contributed by atoms with Crippen molar-refractivity contribution in [3.05, 3.63) is 29.8 Å². The Labute approximate surface area is 136 Å². The van der Waals surface area contributed by atoms with Gasteiger partial charge in [0.15, 0.2) is 6.10 Å². The van der Waals surface area contributed by atoms with Crippen molar-refractivity contribution in [2.24, 2.45) is 5.92 Å². The van der Waals surface area contributed by atoms with Crippen molar-refractivity contribution in [1.82, 2.24) is 9.62 Å². The van der Waals surface area contributed by atoms with Gasteiger partial charge in [0.25, 0.3) is 5.91 Å². The second-order valence-electron chi connectivity index (χ2n) is 6.29. The molecule has 2 aliphatic rings. The van der Waals surface area contributed by atoms with Gasteiger partial charge in [-0.2, -0.15) is 4.31 Å². The minimum atomic E-state index is -3.42. The van der Waals surface area contributed by atoms with Crippen LogP contribution in [0.4, 0.5) is 0 Å². The number of rotatable bonds is 5. The molecule has 2 atom stereocenters. The molecule has 0 aromatic heterocycles. The van der Waals surface area contributed by atoms with Gasteiger partial charge in [-0.05, 0) is 36.5 Å². The van der Waals surface area contributed by atoms with Crippen molar-refractivity contribution in [3.8, 4) is 0 Å². The van der Waals surface area contributed by atoms with Gasteiger partial charge in [0.1, 0.15) is 0 Å². The third kappa shape index (κ3) is 3.91. The SMILES string of the molecule is CC1CCCN(S(=O)(=O)c2ccc(CNC(=O)C3CO3)cc2)C1. The lowest BCUT2D eigenvalue weighted by Gasteiger charge is -2.30. The third-order valence-corrected chi connectivity index (χ3v) is 6.15. The van der Waals surface area contributed by atoms with Crippen LogP contribution in [0.3, 0.4) is 0 Å².